The number of amides is 1. The molecule has 5 heteroatoms. The highest BCUT2D eigenvalue weighted by atomic mass is 16.6. The lowest BCUT2D eigenvalue weighted by Crippen LogP contribution is -2.53. The van der Waals surface area contributed by atoms with E-state index in [2.05, 4.69) is 0 Å². The van der Waals surface area contributed by atoms with E-state index in [1.807, 2.05) is 68.9 Å². The summed E-state index contributed by atoms with van der Waals surface area (Å²) in [5.41, 5.74) is 0.600. The zero-order chi connectivity index (χ0) is 18.4. The number of carbonyl (C=O) groups excluding carboxylic acids is 1. The lowest BCUT2D eigenvalue weighted by molar-refractivity contribution is -0.0621. The van der Waals surface area contributed by atoms with Gasteiger partial charge in [-0.15, -0.1) is 0 Å². The Kier molecular flexibility index (Phi) is 4.48. The standard InChI is InChI=1S/C20H30N2O3/c1-19(2,3)25-18(23)22-14-10-11-15(22)13-20(24,12-14)16-8-6-7-9-17(16)21(4)5/h6-9,14-15,24H,10-13H2,1-5H3. The van der Waals surface area contributed by atoms with Gasteiger partial charge in [0.15, 0.2) is 0 Å². The maximum absolute atomic E-state index is 12.6. The molecule has 0 spiro atoms. The predicted molar refractivity (Wildman–Crippen MR) is 98.8 cm³/mol. The van der Waals surface area contributed by atoms with Gasteiger partial charge in [-0.1, -0.05) is 18.2 Å². The van der Waals surface area contributed by atoms with E-state index in [-0.39, 0.29) is 18.2 Å². The van der Waals surface area contributed by atoms with Gasteiger partial charge in [-0.3, -0.25) is 0 Å². The Morgan fingerprint density at radius 1 is 1.20 bits per heavy atom. The van der Waals surface area contributed by atoms with Gasteiger partial charge in [-0.2, -0.15) is 0 Å². The summed E-state index contributed by atoms with van der Waals surface area (Å²) in [5.74, 6) is 0. The monoisotopic (exact) mass is 346 g/mol. The van der Waals surface area contributed by atoms with Crippen LogP contribution in [-0.4, -0.2) is 47.9 Å². The highest BCUT2D eigenvalue weighted by Crippen LogP contribution is 2.48. The minimum atomic E-state index is -0.898. The van der Waals surface area contributed by atoms with E-state index in [0.29, 0.717) is 12.8 Å². The molecule has 1 aromatic rings. The Balaban J connectivity index is 1.85. The average molecular weight is 346 g/mol. The second-order valence-corrected chi connectivity index (χ2v) is 8.62. The minimum absolute atomic E-state index is 0.0359. The van der Waals surface area contributed by atoms with E-state index in [4.69, 9.17) is 4.74 Å². The molecule has 1 amide bonds. The normalized spacial score (nSPS) is 28.8. The quantitative estimate of drug-likeness (QED) is 0.890. The smallest absolute Gasteiger partial charge is 0.410 e. The van der Waals surface area contributed by atoms with Crippen LogP contribution in [0.15, 0.2) is 24.3 Å². The Morgan fingerprint density at radius 3 is 2.28 bits per heavy atom. The van der Waals surface area contributed by atoms with E-state index in [1.54, 1.807) is 0 Å². The van der Waals surface area contributed by atoms with Crippen LogP contribution >= 0.6 is 0 Å². The van der Waals surface area contributed by atoms with E-state index >= 15 is 0 Å². The van der Waals surface area contributed by atoms with Gasteiger partial charge < -0.3 is 19.6 Å². The second kappa shape index (κ2) is 6.20. The molecule has 1 aromatic carbocycles. The van der Waals surface area contributed by atoms with Crippen LogP contribution in [0.3, 0.4) is 0 Å². The molecule has 2 bridgehead atoms. The summed E-state index contributed by atoms with van der Waals surface area (Å²) in [6.07, 6.45) is 2.73. The van der Waals surface area contributed by atoms with Crippen LogP contribution < -0.4 is 4.90 Å². The molecular weight excluding hydrogens is 316 g/mol. The molecule has 0 radical (unpaired) electrons. The summed E-state index contributed by atoms with van der Waals surface area (Å²) >= 11 is 0. The summed E-state index contributed by atoms with van der Waals surface area (Å²) in [5, 5.41) is 11.5. The Hall–Kier alpha value is -1.75. The van der Waals surface area contributed by atoms with Crippen LogP contribution in [0.1, 0.15) is 52.0 Å². The molecule has 0 saturated carbocycles. The number of fused-ring (bicyclic) bond motifs is 2. The Morgan fingerprint density at radius 2 is 1.76 bits per heavy atom. The van der Waals surface area contributed by atoms with Crippen molar-refractivity contribution in [3.63, 3.8) is 0 Å². The topological polar surface area (TPSA) is 53.0 Å². The number of para-hydroxylation sites is 1. The number of piperidine rings is 1. The molecule has 0 aliphatic carbocycles. The van der Waals surface area contributed by atoms with Crippen molar-refractivity contribution in [2.45, 2.75) is 69.7 Å². The third kappa shape index (κ3) is 3.47. The first kappa shape index (κ1) is 18.1. The van der Waals surface area contributed by atoms with Crippen LogP contribution in [0.2, 0.25) is 0 Å². The van der Waals surface area contributed by atoms with Crippen molar-refractivity contribution in [2.75, 3.05) is 19.0 Å². The zero-order valence-corrected chi connectivity index (χ0v) is 16.0. The third-order valence-electron chi connectivity index (χ3n) is 5.26. The number of hydrogen-bond acceptors (Lipinski definition) is 4. The number of ether oxygens (including phenoxy) is 1. The first-order valence-corrected chi connectivity index (χ1v) is 9.11. The van der Waals surface area contributed by atoms with E-state index in [0.717, 1.165) is 24.1 Å². The van der Waals surface area contributed by atoms with Gasteiger partial charge >= 0.3 is 6.09 Å². The van der Waals surface area contributed by atoms with E-state index in [9.17, 15) is 9.90 Å². The Labute approximate surface area is 150 Å². The van der Waals surface area contributed by atoms with Gasteiger partial charge in [0.25, 0.3) is 0 Å². The highest BCUT2D eigenvalue weighted by Gasteiger charge is 2.51. The molecule has 3 rings (SSSR count). The molecular formula is C20H30N2O3. The van der Waals surface area contributed by atoms with E-state index < -0.39 is 11.2 Å². The number of carbonyl (C=O) groups is 1. The van der Waals surface area contributed by atoms with Crippen LogP contribution in [-0.2, 0) is 10.3 Å². The van der Waals surface area contributed by atoms with Crippen molar-refractivity contribution in [3.05, 3.63) is 29.8 Å². The molecule has 5 nitrogen and oxygen atoms in total. The van der Waals surface area contributed by atoms with Gasteiger partial charge in [0.2, 0.25) is 0 Å². The maximum atomic E-state index is 12.6. The summed E-state index contributed by atoms with van der Waals surface area (Å²) in [6, 6.07) is 8.09. The molecule has 2 fully saturated rings. The van der Waals surface area contributed by atoms with Crippen LogP contribution in [0.5, 0.6) is 0 Å². The Bertz CT molecular complexity index is 637. The van der Waals surface area contributed by atoms with Crippen molar-refractivity contribution in [1.29, 1.82) is 0 Å². The first-order valence-electron chi connectivity index (χ1n) is 9.11. The van der Waals surface area contributed by atoms with Gasteiger partial charge in [0.1, 0.15) is 5.60 Å². The fourth-order valence-electron chi connectivity index (χ4n) is 4.31. The maximum Gasteiger partial charge on any atom is 0.410 e. The van der Waals surface area contributed by atoms with Crippen LogP contribution in [0.4, 0.5) is 10.5 Å². The molecule has 2 atom stereocenters. The van der Waals surface area contributed by atoms with Gasteiger partial charge in [-0.25, -0.2) is 4.79 Å². The molecule has 2 unspecified atom stereocenters. The predicted octanol–water partition coefficient (Wildman–Crippen LogP) is 3.50. The van der Waals surface area contributed by atoms with Crippen LogP contribution in [0, 0.1) is 0 Å². The number of nitrogens with zero attached hydrogens (tertiary/aromatic N) is 2. The molecule has 2 aliphatic heterocycles. The molecule has 2 aliphatic rings. The fourth-order valence-corrected chi connectivity index (χ4v) is 4.31. The first-order chi connectivity index (χ1) is 11.6. The van der Waals surface area contributed by atoms with Crippen molar-refractivity contribution in [2.24, 2.45) is 0 Å². The van der Waals surface area contributed by atoms with Gasteiger partial charge in [0, 0.05) is 50.3 Å². The summed E-state index contributed by atoms with van der Waals surface area (Å²) < 4.78 is 5.59. The molecule has 25 heavy (non-hydrogen) atoms. The largest absolute Gasteiger partial charge is 0.444 e. The number of aliphatic hydroxyl groups is 1. The number of anilines is 1. The van der Waals surface area contributed by atoms with Crippen molar-refractivity contribution < 1.29 is 14.6 Å². The van der Waals surface area contributed by atoms with Gasteiger partial charge in [-0.05, 0) is 39.7 Å². The highest BCUT2D eigenvalue weighted by molar-refractivity contribution is 5.70. The molecule has 0 aromatic heterocycles. The third-order valence-corrected chi connectivity index (χ3v) is 5.26. The fraction of sp³-hybridized carbons (Fsp3) is 0.650. The lowest BCUT2D eigenvalue weighted by atomic mass is 9.79. The van der Waals surface area contributed by atoms with Crippen molar-refractivity contribution >= 4 is 11.8 Å². The minimum Gasteiger partial charge on any atom is -0.444 e. The summed E-state index contributed by atoms with van der Waals surface area (Å²) in [7, 11) is 3.99. The number of hydrogen-bond donors (Lipinski definition) is 1. The van der Waals surface area contributed by atoms with Crippen LogP contribution in [0.25, 0.3) is 0 Å². The summed E-state index contributed by atoms with van der Waals surface area (Å²) in [4.78, 5) is 16.5. The second-order valence-electron chi connectivity index (χ2n) is 8.62. The molecule has 138 valence electrons. The van der Waals surface area contributed by atoms with Crippen molar-refractivity contribution in [3.8, 4) is 0 Å². The number of benzene rings is 1. The van der Waals surface area contributed by atoms with Crippen molar-refractivity contribution in [1.82, 2.24) is 4.90 Å². The average Bonchev–Trinajstić information content (AvgIpc) is 2.78. The van der Waals surface area contributed by atoms with Gasteiger partial charge in [0.05, 0.1) is 5.60 Å². The molecule has 1 N–H and O–H groups in total. The zero-order valence-electron chi connectivity index (χ0n) is 16.0. The SMILES string of the molecule is CN(C)c1ccccc1C1(O)CC2CCC(C1)N2C(=O)OC(C)(C)C. The molecule has 2 saturated heterocycles. The van der Waals surface area contributed by atoms with E-state index in [1.165, 1.54) is 0 Å². The summed E-state index contributed by atoms with van der Waals surface area (Å²) in [6.45, 7) is 5.67. The lowest BCUT2D eigenvalue weighted by Gasteiger charge is -2.45. The number of rotatable bonds is 2. The molecule has 2 heterocycles.